The second-order valence-corrected chi connectivity index (χ2v) is 4.60. The summed E-state index contributed by atoms with van der Waals surface area (Å²) in [4.78, 5) is 11.8. The van der Waals surface area contributed by atoms with Crippen LogP contribution in [-0.2, 0) is 17.6 Å². The molecule has 0 fully saturated rings. The molecular weight excluding hydrogens is 206 g/mol. The fraction of sp³-hybridized carbons (Fsp3) is 0.417. The molecule has 2 atom stereocenters. The van der Waals surface area contributed by atoms with Gasteiger partial charge < -0.3 is 15.3 Å². The van der Waals surface area contributed by atoms with Crippen molar-refractivity contribution in [2.45, 2.75) is 24.9 Å². The lowest BCUT2D eigenvalue weighted by atomic mass is 9.68. The Morgan fingerprint density at radius 3 is 3.19 bits per heavy atom. The molecule has 0 aromatic carbocycles. The zero-order valence-corrected chi connectivity index (χ0v) is 8.77. The summed E-state index contributed by atoms with van der Waals surface area (Å²) >= 11 is 0. The predicted molar refractivity (Wildman–Crippen MR) is 57.7 cm³/mol. The highest BCUT2D eigenvalue weighted by Crippen LogP contribution is 2.41. The number of fused-ring (bicyclic) bond motifs is 2. The topological polar surface area (TPSA) is 76.5 Å². The van der Waals surface area contributed by atoms with Gasteiger partial charge >= 0.3 is 0 Å². The van der Waals surface area contributed by atoms with E-state index < -0.39 is 5.60 Å². The van der Waals surface area contributed by atoms with Gasteiger partial charge in [0.15, 0.2) is 5.78 Å². The van der Waals surface area contributed by atoms with Gasteiger partial charge in [0.05, 0.1) is 5.69 Å². The summed E-state index contributed by atoms with van der Waals surface area (Å²) in [5.41, 5.74) is 6.08. The molecule has 0 amide bonds. The Labute approximate surface area is 92.7 Å². The van der Waals surface area contributed by atoms with Crippen molar-refractivity contribution in [3.63, 3.8) is 0 Å². The van der Waals surface area contributed by atoms with Crippen molar-refractivity contribution >= 4 is 11.5 Å². The maximum absolute atomic E-state index is 11.8. The molecule has 84 valence electrons. The summed E-state index contributed by atoms with van der Waals surface area (Å²) in [5, 5.41) is 10.4. The van der Waals surface area contributed by atoms with Crippen molar-refractivity contribution in [2.75, 3.05) is 5.73 Å². The molecule has 16 heavy (non-hydrogen) atoms. The Morgan fingerprint density at radius 2 is 2.38 bits per heavy atom. The Kier molecular flexibility index (Phi) is 1.80. The first-order valence-electron chi connectivity index (χ1n) is 5.39. The zero-order valence-electron chi connectivity index (χ0n) is 8.77. The van der Waals surface area contributed by atoms with Crippen LogP contribution in [0.4, 0.5) is 5.69 Å². The SMILES string of the molecule is Nc1coc2c1C[C@H]1CC=CC(=O)[C@]1(O)C2. The maximum atomic E-state index is 11.8. The fourth-order valence-corrected chi connectivity index (χ4v) is 2.67. The van der Waals surface area contributed by atoms with E-state index in [4.69, 9.17) is 10.2 Å². The lowest BCUT2D eigenvalue weighted by Crippen LogP contribution is -2.51. The standard InChI is InChI=1S/C12H13NO3/c13-9-6-16-10-5-12(15)7(4-8(9)10)2-1-3-11(12)14/h1,3,6-7,15H,2,4-5,13H2/t7-,12+/m1/s1. The van der Waals surface area contributed by atoms with E-state index in [1.165, 1.54) is 12.3 Å². The number of carbonyl (C=O) groups is 1. The molecule has 0 unspecified atom stereocenters. The van der Waals surface area contributed by atoms with E-state index in [0.29, 0.717) is 24.3 Å². The van der Waals surface area contributed by atoms with E-state index in [1.807, 2.05) is 6.08 Å². The van der Waals surface area contributed by atoms with Gasteiger partial charge in [-0.3, -0.25) is 4.79 Å². The normalized spacial score (nSPS) is 32.3. The average Bonchev–Trinajstić information content (AvgIpc) is 2.59. The van der Waals surface area contributed by atoms with Crippen molar-refractivity contribution in [3.05, 3.63) is 29.7 Å². The third-order valence-corrected chi connectivity index (χ3v) is 3.69. The minimum atomic E-state index is -1.29. The van der Waals surface area contributed by atoms with Crippen molar-refractivity contribution in [1.29, 1.82) is 0 Å². The monoisotopic (exact) mass is 219 g/mol. The molecule has 2 aliphatic rings. The molecule has 0 saturated carbocycles. The van der Waals surface area contributed by atoms with Crippen molar-refractivity contribution in [3.8, 4) is 0 Å². The maximum Gasteiger partial charge on any atom is 0.187 e. The Hall–Kier alpha value is -1.55. The molecule has 0 radical (unpaired) electrons. The quantitative estimate of drug-likeness (QED) is 0.677. The van der Waals surface area contributed by atoms with Gasteiger partial charge in [-0.1, -0.05) is 6.08 Å². The predicted octanol–water partition coefficient (Wildman–Crippen LogP) is 0.837. The van der Waals surface area contributed by atoms with Crippen LogP contribution >= 0.6 is 0 Å². The number of nitrogen functional groups attached to an aromatic ring is 1. The smallest absolute Gasteiger partial charge is 0.187 e. The highest BCUT2D eigenvalue weighted by molar-refractivity contribution is 5.98. The lowest BCUT2D eigenvalue weighted by Gasteiger charge is -2.38. The number of hydrogen-bond acceptors (Lipinski definition) is 4. The molecule has 3 rings (SSSR count). The van der Waals surface area contributed by atoms with E-state index in [9.17, 15) is 9.90 Å². The summed E-state index contributed by atoms with van der Waals surface area (Å²) in [6.45, 7) is 0. The van der Waals surface area contributed by atoms with Gasteiger partial charge in [0.25, 0.3) is 0 Å². The van der Waals surface area contributed by atoms with E-state index in [0.717, 1.165) is 5.56 Å². The second kappa shape index (κ2) is 2.98. The van der Waals surface area contributed by atoms with Crippen LogP contribution in [-0.4, -0.2) is 16.5 Å². The van der Waals surface area contributed by atoms with Crippen LogP contribution in [0, 0.1) is 5.92 Å². The lowest BCUT2D eigenvalue weighted by molar-refractivity contribution is -0.140. The Balaban J connectivity index is 2.07. The van der Waals surface area contributed by atoms with Gasteiger partial charge in [-0.15, -0.1) is 0 Å². The molecule has 2 aliphatic carbocycles. The molecule has 0 saturated heterocycles. The molecule has 1 aromatic heterocycles. The third-order valence-electron chi connectivity index (χ3n) is 3.69. The van der Waals surface area contributed by atoms with Gasteiger partial charge in [0.2, 0.25) is 0 Å². The number of anilines is 1. The number of nitrogens with two attached hydrogens (primary N) is 1. The molecule has 4 nitrogen and oxygen atoms in total. The first-order valence-corrected chi connectivity index (χ1v) is 5.39. The summed E-state index contributed by atoms with van der Waals surface area (Å²) in [7, 11) is 0. The van der Waals surface area contributed by atoms with Crippen LogP contribution in [0.15, 0.2) is 22.8 Å². The van der Waals surface area contributed by atoms with Gasteiger partial charge in [-0.25, -0.2) is 0 Å². The first kappa shape index (κ1) is 9.66. The van der Waals surface area contributed by atoms with E-state index in [2.05, 4.69) is 0 Å². The first-order chi connectivity index (χ1) is 7.61. The molecule has 0 spiro atoms. The van der Waals surface area contributed by atoms with E-state index >= 15 is 0 Å². The highest BCUT2D eigenvalue weighted by Gasteiger charge is 2.48. The summed E-state index contributed by atoms with van der Waals surface area (Å²) in [6.07, 6.45) is 6.35. The molecular formula is C12H13NO3. The average molecular weight is 219 g/mol. The molecule has 1 heterocycles. The van der Waals surface area contributed by atoms with Crippen molar-refractivity contribution in [1.82, 2.24) is 0 Å². The van der Waals surface area contributed by atoms with Crippen LogP contribution in [0.3, 0.4) is 0 Å². The largest absolute Gasteiger partial charge is 0.467 e. The summed E-state index contributed by atoms with van der Waals surface area (Å²) in [5.74, 6) is 0.363. The minimum absolute atomic E-state index is 0.0719. The third kappa shape index (κ3) is 1.10. The molecule has 0 aliphatic heterocycles. The number of carbonyl (C=O) groups excluding carboxylic acids is 1. The zero-order chi connectivity index (χ0) is 11.3. The number of hydrogen-bond donors (Lipinski definition) is 2. The van der Waals surface area contributed by atoms with Crippen LogP contribution in [0.1, 0.15) is 17.7 Å². The number of aliphatic hydroxyl groups is 1. The molecule has 0 bridgehead atoms. The van der Waals surface area contributed by atoms with Crippen molar-refractivity contribution < 1.29 is 14.3 Å². The summed E-state index contributed by atoms with van der Waals surface area (Å²) in [6, 6.07) is 0. The highest BCUT2D eigenvalue weighted by atomic mass is 16.3. The van der Waals surface area contributed by atoms with E-state index in [-0.39, 0.29) is 18.1 Å². The van der Waals surface area contributed by atoms with Gasteiger partial charge in [-0.05, 0) is 18.9 Å². The van der Waals surface area contributed by atoms with Crippen molar-refractivity contribution in [2.24, 2.45) is 5.92 Å². The molecule has 1 aromatic rings. The van der Waals surface area contributed by atoms with Crippen LogP contribution in [0.5, 0.6) is 0 Å². The summed E-state index contributed by atoms with van der Waals surface area (Å²) < 4.78 is 5.29. The Bertz CT molecular complexity index is 488. The second-order valence-electron chi connectivity index (χ2n) is 4.60. The number of ketones is 1. The van der Waals surface area contributed by atoms with Crippen LogP contribution in [0.25, 0.3) is 0 Å². The van der Waals surface area contributed by atoms with Gasteiger partial charge in [-0.2, -0.15) is 0 Å². The van der Waals surface area contributed by atoms with Crippen LogP contribution in [0.2, 0.25) is 0 Å². The van der Waals surface area contributed by atoms with E-state index in [1.54, 1.807) is 0 Å². The van der Waals surface area contributed by atoms with Gasteiger partial charge in [0.1, 0.15) is 17.6 Å². The fourth-order valence-electron chi connectivity index (χ4n) is 2.67. The minimum Gasteiger partial charge on any atom is -0.467 e. The number of furan rings is 1. The Morgan fingerprint density at radius 1 is 1.56 bits per heavy atom. The number of rotatable bonds is 0. The molecule has 3 N–H and O–H groups in total. The molecule has 4 heteroatoms. The number of allylic oxidation sites excluding steroid dienone is 1. The van der Waals surface area contributed by atoms with Gasteiger partial charge in [0, 0.05) is 17.9 Å². The van der Waals surface area contributed by atoms with Crippen LogP contribution < -0.4 is 5.73 Å².